The molecule has 3 aliphatic rings. The average Bonchev–Trinajstić information content (AvgIpc) is 3.44. The monoisotopic (exact) mass is 581 g/mol. The van der Waals surface area contributed by atoms with Crippen LogP contribution in [0.3, 0.4) is 0 Å². The molecule has 4 aromatic rings. The number of fused-ring (bicyclic) bond motifs is 3. The van der Waals surface area contributed by atoms with Crippen LogP contribution in [-0.2, 0) is 4.74 Å². The van der Waals surface area contributed by atoms with E-state index in [-0.39, 0.29) is 16.9 Å². The summed E-state index contributed by atoms with van der Waals surface area (Å²) in [7, 11) is 2.13. The van der Waals surface area contributed by atoms with Gasteiger partial charge in [0, 0.05) is 38.4 Å². The highest BCUT2D eigenvalue weighted by Crippen LogP contribution is 2.45. The Bertz CT molecular complexity index is 1730. The lowest BCUT2D eigenvalue weighted by Gasteiger charge is -2.27. The number of rotatable bonds is 9. The minimum Gasteiger partial charge on any atom is -0.451 e. The normalized spacial score (nSPS) is 18.5. The second-order valence-corrected chi connectivity index (χ2v) is 11.9. The Morgan fingerprint density at radius 3 is 2.63 bits per heavy atom. The van der Waals surface area contributed by atoms with Gasteiger partial charge in [-0.05, 0) is 80.9 Å². The number of benzene rings is 3. The summed E-state index contributed by atoms with van der Waals surface area (Å²) in [5.74, 6) is 0.964. The molecular weight excluding hydrogens is 542 g/mol. The van der Waals surface area contributed by atoms with Gasteiger partial charge in [-0.15, -0.1) is 0 Å². The first-order chi connectivity index (χ1) is 21.1. The molecule has 43 heavy (non-hydrogen) atoms. The maximum absolute atomic E-state index is 13.8. The number of carbonyl (C=O) groups is 1. The Kier molecular flexibility index (Phi) is 7.78. The first kappa shape index (κ1) is 27.9. The molecule has 9 heteroatoms. The van der Waals surface area contributed by atoms with Crippen molar-refractivity contribution in [1.82, 2.24) is 19.7 Å². The first-order valence-electron chi connectivity index (χ1n) is 15.5. The molecule has 0 radical (unpaired) electrons. The predicted molar refractivity (Wildman–Crippen MR) is 170 cm³/mol. The van der Waals surface area contributed by atoms with Gasteiger partial charge in [0.15, 0.2) is 11.5 Å². The standard InChI is InChI=1S/C34H39N5O4/c1-37-14-4-8-25(37)11-13-36-34(41)27-22-39-29-20-23-6-2-3-7-24(23)21-30(29)43-33-28(10-9-26(31(33)39)32(27)40)35-12-5-15-38-16-18-42-19-17-38/h2-3,6-7,9-10,20-22,25,35H,4-5,8,11-19H2,1H3,(H,36,41). The molecule has 9 nitrogen and oxygen atoms in total. The molecule has 0 saturated carbocycles. The Morgan fingerprint density at radius 2 is 1.84 bits per heavy atom. The summed E-state index contributed by atoms with van der Waals surface area (Å²) < 4.78 is 14.0. The van der Waals surface area contributed by atoms with E-state index in [0.29, 0.717) is 35.0 Å². The zero-order chi connectivity index (χ0) is 29.3. The summed E-state index contributed by atoms with van der Waals surface area (Å²) in [6.07, 6.45) is 5.88. The van der Waals surface area contributed by atoms with Crippen LogP contribution in [0.4, 0.5) is 5.69 Å². The molecule has 4 heterocycles. The highest BCUT2D eigenvalue weighted by molar-refractivity contribution is 6.01. The van der Waals surface area contributed by atoms with Gasteiger partial charge in [0.2, 0.25) is 5.43 Å². The first-order valence-corrected chi connectivity index (χ1v) is 15.5. The van der Waals surface area contributed by atoms with Crippen LogP contribution >= 0.6 is 0 Å². The van der Waals surface area contributed by atoms with Gasteiger partial charge in [-0.1, -0.05) is 24.3 Å². The molecular formula is C34H39N5O4. The van der Waals surface area contributed by atoms with E-state index in [2.05, 4.69) is 45.7 Å². The van der Waals surface area contributed by atoms with E-state index in [1.807, 2.05) is 34.9 Å². The lowest BCUT2D eigenvalue weighted by Crippen LogP contribution is -2.37. The van der Waals surface area contributed by atoms with E-state index in [0.717, 1.165) is 87.3 Å². The fraction of sp³-hybridized carbons (Fsp3) is 0.412. The van der Waals surface area contributed by atoms with Crippen molar-refractivity contribution in [3.63, 3.8) is 0 Å². The number of nitrogens with one attached hydrogen (secondary N) is 2. The number of anilines is 1. The third-order valence-electron chi connectivity index (χ3n) is 9.17. The topological polar surface area (TPSA) is 88.1 Å². The maximum Gasteiger partial charge on any atom is 0.256 e. The van der Waals surface area contributed by atoms with Crippen LogP contribution in [0, 0.1) is 0 Å². The van der Waals surface area contributed by atoms with E-state index in [9.17, 15) is 9.59 Å². The number of likely N-dealkylation sites (tertiary alicyclic amines) is 1. The summed E-state index contributed by atoms with van der Waals surface area (Å²) in [6.45, 7) is 6.91. The van der Waals surface area contributed by atoms with Crippen molar-refractivity contribution in [1.29, 1.82) is 0 Å². The molecule has 2 fully saturated rings. The van der Waals surface area contributed by atoms with Crippen LogP contribution in [0.15, 0.2) is 59.5 Å². The summed E-state index contributed by atoms with van der Waals surface area (Å²) in [4.78, 5) is 32.0. The van der Waals surface area contributed by atoms with Gasteiger partial charge in [0.25, 0.3) is 5.91 Å². The number of amides is 1. The molecule has 3 aliphatic heterocycles. The van der Waals surface area contributed by atoms with Crippen molar-refractivity contribution in [3.05, 3.63) is 70.5 Å². The van der Waals surface area contributed by atoms with Crippen LogP contribution in [0.2, 0.25) is 0 Å². The Balaban J connectivity index is 1.22. The van der Waals surface area contributed by atoms with Crippen molar-refractivity contribution >= 4 is 33.3 Å². The molecule has 0 bridgehead atoms. The Morgan fingerprint density at radius 1 is 1.02 bits per heavy atom. The molecule has 7 rings (SSSR count). The van der Waals surface area contributed by atoms with Crippen molar-refractivity contribution in [3.8, 4) is 17.2 Å². The minimum atomic E-state index is -0.336. The number of nitrogens with zero attached hydrogens (tertiary/aromatic N) is 3. The van der Waals surface area contributed by atoms with Gasteiger partial charge in [-0.25, -0.2) is 0 Å². The summed E-state index contributed by atoms with van der Waals surface area (Å²) in [6, 6.07) is 16.4. The van der Waals surface area contributed by atoms with Crippen LogP contribution in [0.25, 0.3) is 27.4 Å². The fourth-order valence-corrected chi connectivity index (χ4v) is 6.71. The molecule has 0 spiro atoms. The summed E-state index contributed by atoms with van der Waals surface area (Å²) >= 11 is 0. The van der Waals surface area contributed by atoms with Gasteiger partial charge in [-0.2, -0.15) is 0 Å². The number of morpholine rings is 1. The molecule has 0 aliphatic carbocycles. The molecule has 1 unspecified atom stereocenters. The van der Waals surface area contributed by atoms with Gasteiger partial charge < -0.3 is 29.6 Å². The number of carbonyl (C=O) groups excluding carboxylic acids is 1. The third kappa shape index (κ3) is 5.48. The Hall–Kier alpha value is -3.92. The van der Waals surface area contributed by atoms with Crippen LogP contribution in [-0.4, -0.2) is 85.8 Å². The predicted octanol–water partition coefficient (Wildman–Crippen LogP) is 4.60. The minimum absolute atomic E-state index is 0.144. The van der Waals surface area contributed by atoms with E-state index in [4.69, 9.17) is 9.47 Å². The molecule has 2 N–H and O–H groups in total. The van der Waals surface area contributed by atoms with E-state index >= 15 is 0 Å². The molecule has 2 saturated heterocycles. The zero-order valence-corrected chi connectivity index (χ0v) is 24.7. The fourth-order valence-electron chi connectivity index (χ4n) is 6.71. The quantitative estimate of drug-likeness (QED) is 0.246. The molecule has 1 amide bonds. The second-order valence-electron chi connectivity index (χ2n) is 11.9. The van der Waals surface area contributed by atoms with Crippen LogP contribution < -0.4 is 20.8 Å². The highest BCUT2D eigenvalue weighted by atomic mass is 16.5. The van der Waals surface area contributed by atoms with Crippen molar-refractivity contribution in [2.24, 2.45) is 0 Å². The third-order valence-corrected chi connectivity index (χ3v) is 9.17. The van der Waals surface area contributed by atoms with Crippen molar-refractivity contribution < 1.29 is 14.3 Å². The molecule has 3 aromatic carbocycles. The van der Waals surface area contributed by atoms with Crippen LogP contribution in [0.1, 0.15) is 36.0 Å². The van der Waals surface area contributed by atoms with E-state index < -0.39 is 0 Å². The van der Waals surface area contributed by atoms with Crippen molar-refractivity contribution in [2.45, 2.75) is 31.7 Å². The molecule has 1 aromatic heterocycles. The second kappa shape index (κ2) is 12.0. The van der Waals surface area contributed by atoms with Gasteiger partial charge in [0.1, 0.15) is 11.1 Å². The SMILES string of the molecule is CN1CCCC1CCNC(=O)c1cn2c3c(c(NCCCN4CCOCC4)ccc3c1=O)Oc1cc3ccccc3cc1-2. The number of pyridine rings is 1. The lowest BCUT2D eigenvalue weighted by atomic mass is 10.0. The molecule has 1 atom stereocenters. The van der Waals surface area contributed by atoms with E-state index in [1.165, 1.54) is 6.42 Å². The highest BCUT2D eigenvalue weighted by Gasteiger charge is 2.27. The number of ether oxygens (including phenoxy) is 2. The summed E-state index contributed by atoms with van der Waals surface area (Å²) in [5, 5.41) is 9.18. The van der Waals surface area contributed by atoms with Crippen LogP contribution in [0.5, 0.6) is 11.5 Å². The lowest BCUT2D eigenvalue weighted by molar-refractivity contribution is 0.0378. The van der Waals surface area contributed by atoms with E-state index in [1.54, 1.807) is 6.20 Å². The maximum atomic E-state index is 13.8. The van der Waals surface area contributed by atoms with Crippen molar-refractivity contribution in [2.75, 3.05) is 64.8 Å². The summed E-state index contributed by atoms with van der Waals surface area (Å²) in [5.41, 5.74) is 2.18. The number of hydrogen-bond donors (Lipinski definition) is 2. The number of hydrogen-bond acceptors (Lipinski definition) is 7. The van der Waals surface area contributed by atoms with Gasteiger partial charge >= 0.3 is 0 Å². The van der Waals surface area contributed by atoms with Gasteiger partial charge in [0.05, 0.1) is 30.0 Å². The molecule has 224 valence electrons. The zero-order valence-electron chi connectivity index (χ0n) is 24.7. The largest absolute Gasteiger partial charge is 0.451 e. The average molecular weight is 582 g/mol. The van der Waals surface area contributed by atoms with Gasteiger partial charge in [-0.3, -0.25) is 14.5 Å². The Labute approximate surface area is 251 Å². The smallest absolute Gasteiger partial charge is 0.256 e. The number of aromatic nitrogens is 1.